The number of ether oxygens (including phenoxy) is 2. The number of carbonyl (C=O) groups is 1. The van der Waals surface area contributed by atoms with E-state index < -0.39 is 22.5 Å². The average Bonchev–Trinajstić information content (AvgIpc) is 2.69. The summed E-state index contributed by atoms with van der Waals surface area (Å²) in [7, 11) is -2.14. The van der Waals surface area contributed by atoms with Crippen molar-refractivity contribution >= 4 is 39.6 Å². The molecule has 8 nitrogen and oxygen atoms in total. The Labute approximate surface area is 180 Å². The Morgan fingerprint density at radius 2 is 1.80 bits per heavy atom. The second-order valence-electron chi connectivity index (χ2n) is 6.61. The van der Waals surface area contributed by atoms with E-state index in [0.717, 1.165) is 33.4 Å². The largest absolute Gasteiger partial charge is 0.497 e. The van der Waals surface area contributed by atoms with E-state index in [4.69, 9.17) is 9.47 Å². The van der Waals surface area contributed by atoms with Gasteiger partial charge in [-0.05, 0) is 54.1 Å². The molecule has 1 N–H and O–H groups in total. The van der Waals surface area contributed by atoms with Crippen LogP contribution in [0, 0.1) is 0 Å². The fourth-order valence-electron chi connectivity index (χ4n) is 2.60. The molecule has 3 rings (SSSR count). The van der Waals surface area contributed by atoms with Crippen LogP contribution in [0.1, 0.15) is 5.56 Å². The van der Waals surface area contributed by atoms with Crippen molar-refractivity contribution in [2.75, 3.05) is 35.7 Å². The number of benzene rings is 2. The van der Waals surface area contributed by atoms with Crippen molar-refractivity contribution in [3.8, 4) is 11.5 Å². The smallest absolute Gasteiger partial charge is 0.260 e. The van der Waals surface area contributed by atoms with E-state index in [9.17, 15) is 13.2 Å². The zero-order valence-electron chi connectivity index (χ0n) is 16.6. The lowest BCUT2D eigenvalue weighted by Gasteiger charge is -2.25. The molecular weight excluding hydrogens is 426 g/mol. The normalized spacial score (nSPS) is 14.2. The van der Waals surface area contributed by atoms with Crippen LogP contribution in [0.25, 0.3) is 0 Å². The fraction of sp³-hybridized carbons (Fsp3) is 0.300. The predicted octanol–water partition coefficient (Wildman–Crippen LogP) is 2.11. The number of amides is 1. The molecule has 0 saturated carbocycles. The van der Waals surface area contributed by atoms with E-state index in [0.29, 0.717) is 11.4 Å². The van der Waals surface area contributed by atoms with Crippen LogP contribution in [0.15, 0.2) is 53.6 Å². The third kappa shape index (κ3) is 6.14. The molecule has 2 aromatic rings. The van der Waals surface area contributed by atoms with Crippen molar-refractivity contribution < 1.29 is 22.7 Å². The molecule has 1 amide bonds. The SMILES string of the molecule is COc1ccc(N(CC(=O)N/N=C\c2ccc(OC3CSC3)cc2)S(C)(=O)=O)cc1. The van der Waals surface area contributed by atoms with Gasteiger partial charge in [-0.25, -0.2) is 13.8 Å². The first-order chi connectivity index (χ1) is 14.3. The molecule has 0 spiro atoms. The van der Waals surface area contributed by atoms with Gasteiger partial charge in [0.05, 0.1) is 25.3 Å². The highest BCUT2D eigenvalue weighted by Gasteiger charge is 2.21. The quantitative estimate of drug-likeness (QED) is 0.465. The van der Waals surface area contributed by atoms with E-state index in [2.05, 4.69) is 10.5 Å². The van der Waals surface area contributed by atoms with Gasteiger partial charge in [0.1, 0.15) is 24.1 Å². The first-order valence-electron chi connectivity index (χ1n) is 9.13. The summed E-state index contributed by atoms with van der Waals surface area (Å²) in [5.41, 5.74) is 3.49. The van der Waals surface area contributed by atoms with E-state index in [1.54, 1.807) is 24.3 Å². The summed E-state index contributed by atoms with van der Waals surface area (Å²) in [5.74, 6) is 2.84. The van der Waals surface area contributed by atoms with Crippen molar-refractivity contribution in [3.05, 3.63) is 54.1 Å². The first-order valence-corrected chi connectivity index (χ1v) is 12.1. The maximum Gasteiger partial charge on any atom is 0.260 e. The predicted molar refractivity (Wildman–Crippen MR) is 119 cm³/mol. The van der Waals surface area contributed by atoms with Crippen LogP contribution in [-0.2, 0) is 14.8 Å². The highest BCUT2D eigenvalue weighted by Crippen LogP contribution is 2.24. The van der Waals surface area contributed by atoms with Gasteiger partial charge in [0.2, 0.25) is 10.0 Å². The van der Waals surface area contributed by atoms with Crippen LogP contribution < -0.4 is 19.2 Å². The molecule has 1 saturated heterocycles. The first kappa shape index (κ1) is 22.0. The highest BCUT2D eigenvalue weighted by atomic mass is 32.2. The number of nitrogens with zero attached hydrogens (tertiary/aromatic N) is 2. The molecule has 0 radical (unpaired) electrons. The molecule has 0 unspecified atom stereocenters. The Morgan fingerprint density at radius 3 is 2.33 bits per heavy atom. The molecule has 1 fully saturated rings. The minimum absolute atomic E-state index is 0.275. The molecule has 160 valence electrons. The van der Waals surface area contributed by atoms with Crippen molar-refractivity contribution in [1.29, 1.82) is 0 Å². The van der Waals surface area contributed by atoms with Gasteiger partial charge in [-0.3, -0.25) is 9.10 Å². The van der Waals surface area contributed by atoms with E-state index in [-0.39, 0.29) is 6.10 Å². The maximum absolute atomic E-state index is 12.2. The van der Waals surface area contributed by atoms with Gasteiger partial charge in [-0.1, -0.05) is 0 Å². The number of nitrogens with one attached hydrogen (secondary N) is 1. The number of hydrogen-bond donors (Lipinski definition) is 1. The molecule has 0 bridgehead atoms. The Balaban J connectivity index is 1.56. The van der Waals surface area contributed by atoms with E-state index >= 15 is 0 Å². The molecule has 30 heavy (non-hydrogen) atoms. The van der Waals surface area contributed by atoms with Crippen LogP contribution in [0.3, 0.4) is 0 Å². The Morgan fingerprint density at radius 1 is 1.17 bits per heavy atom. The molecule has 0 atom stereocenters. The number of rotatable bonds is 9. The molecule has 2 aromatic carbocycles. The summed E-state index contributed by atoms with van der Waals surface area (Å²) in [6.45, 7) is -0.394. The number of anilines is 1. The van der Waals surface area contributed by atoms with Crippen LogP contribution in [0.2, 0.25) is 0 Å². The number of thioether (sulfide) groups is 1. The molecule has 0 aliphatic carbocycles. The highest BCUT2D eigenvalue weighted by molar-refractivity contribution is 8.00. The van der Waals surface area contributed by atoms with Gasteiger partial charge in [0.25, 0.3) is 5.91 Å². The molecular formula is C20H23N3O5S2. The standard InChI is InChI=1S/C20H23N3O5S2/c1-27-17-9-5-16(6-10-17)23(30(2,25)26)12-20(24)22-21-11-15-3-7-18(8-4-15)28-19-13-29-14-19/h3-11,19H,12-14H2,1-2H3,(H,22,24)/b21-11-. The van der Waals surface area contributed by atoms with E-state index in [1.165, 1.54) is 13.3 Å². The summed E-state index contributed by atoms with van der Waals surface area (Å²) in [5, 5.41) is 3.91. The molecule has 1 heterocycles. The van der Waals surface area contributed by atoms with Crippen LogP contribution in [-0.4, -0.2) is 58.1 Å². The third-order valence-electron chi connectivity index (χ3n) is 4.24. The van der Waals surface area contributed by atoms with Gasteiger partial charge < -0.3 is 9.47 Å². The van der Waals surface area contributed by atoms with Gasteiger partial charge in [-0.2, -0.15) is 16.9 Å². The number of sulfonamides is 1. The summed E-state index contributed by atoms with van der Waals surface area (Å²) >= 11 is 1.85. The molecule has 1 aliphatic rings. The van der Waals surface area contributed by atoms with Crippen LogP contribution in [0.5, 0.6) is 11.5 Å². The number of hydrazone groups is 1. The minimum atomic E-state index is -3.66. The van der Waals surface area contributed by atoms with Gasteiger partial charge in [-0.15, -0.1) is 0 Å². The third-order valence-corrected chi connectivity index (χ3v) is 6.60. The Hall–Kier alpha value is -2.72. The van der Waals surface area contributed by atoms with E-state index in [1.807, 2.05) is 36.0 Å². The van der Waals surface area contributed by atoms with Gasteiger partial charge >= 0.3 is 0 Å². The zero-order valence-corrected chi connectivity index (χ0v) is 18.3. The second kappa shape index (κ2) is 9.86. The molecule has 10 heteroatoms. The Kier molecular flexibility index (Phi) is 7.22. The number of carbonyl (C=O) groups excluding carboxylic acids is 1. The zero-order chi connectivity index (χ0) is 21.6. The Bertz CT molecular complexity index is 988. The maximum atomic E-state index is 12.2. The lowest BCUT2D eigenvalue weighted by Crippen LogP contribution is -2.39. The number of hydrogen-bond acceptors (Lipinski definition) is 7. The lowest BCUT2D eigenvalue weighted by atomic mass is 10.2. The summed E-state index contributed by atoms with van der Waals surface area (Å²) in [6, 6.07) is 13.8. The fourth-order valence-corrected chi connectivity index (χ4v) is 4.02. The van der Waals surface area contributed by atoms with Crippen molar-refractivity contribution in [2.45, 2.75) is 6.10 Å². The van der Waals surface area contributed by atoms with Gasteiger partial charge in [0.15, 0.2) is 0 Å². The second-order valence-corrected chi connectivity index (χ2v) is 9.59. The summed E-state index contributed by atoms with van der Waals surface area (Å²) < 4.78 is 36.1. The topological polar surface area (TPSA) is 97.3 Å². The van der Waals surface area contributed by atoms with Crippen molar-refractivity contribution in [1.82, 2.24) is 5.43 Å². The lowest BCUT2D eigenvalue weighted by molar-refractivity contribution is -0.119. The molecule has 1 aliphatic heterocycles. The summed E-state index contributed by atoms with van der Waals surface area (Å²) in [6.07, 6.45) is 2.80. The number of methoxy groups -OCH3 is 1. The van der Waals surface area contributed by atoms with Crippen LogP contribution in [0.4, 0.5) is 5.69 Å². The molecule has 0 aromatic heterocycles. The van der Waals surface area contributed by atoms with Gasteiger partial charge in [0, 0.05) is 11.5 Å². The minimum Gasteiger partial charge on any atom is -0.497 e. The average molecular weight is 450 g/mol. The van der Waals surface area contributed by atoms with Crippen LogP contribution >= 0.6 is 11.8 Å². The monoisotopic (exact) mass is 449 g/mol. The summed E-state index contributed by atoms with van der Waals surface area (Å²) in [4.78, 5) is 12.2. The van der Waals surface area contributed by atoms with Crippen molar-refractivity contribution in [3.63, 3.8) is 0 Å². The van der Waals surface area contributed by atoms with Crippen molar-refractivity contribution in [2.24, 2.45) is 5.10 Å².